The van der Waals surface area contributed by atoms with Crippen molar-refractivity contribution in [3.63, 3.8) is 0 Å². The summed E-state index contributed by atoms with van der Waals surface area (Å²) in [6.07, 6.45) is 0. The Bertz CT molecular complexity index is 421. The van der Waals surface area contributed by atoms with Gasteiger partial charge in [-0.25, -0.2) is 0 Å². The fourth-order valence-electron chi connectivity index (χ4n) is 0.710. The Morgan fingerprint density at radius 2 is 1.60 bits per heavy atom. The van der Waals surface area contributed by atoms with Crippen LogP contribution in [-0.2, 0) is 10.1 Å². The zero-order valence-corrected chi connectivity index (χ0v) is 8.95. The van der Waals surface area contributed by atoms with Gasteiger partial charge in [0.05, 0.1) is 4.90 Å². The lowest BCUT2D eigenvalue weighted by atomic mass is 10.2. The van der Waals surface area contributed by atoms with Crippen molar-refractivity contribution in [3.8, 4) is 0 Å². The lowest BCUT2D eigenvalue weighted by Gasteiger charge is -1.95. The van der Waals surface area contributed by atoms with Crippen molar-refractivity contribution >= 4 is 16.1 Å². The molecule has 0 aliphatic rings. The van der Waals surface area contributed by atoms with Crippen molar-refractivity contribution in [3.05, 3.63) is 29.8 Å². The topological polar surface area (TPSA) is 130 Å². The van der Waals surface area contributed by atoms with Gasteiger partial charge in [0.1, 0.15) is 0 Å². The van der Waals surface area contributed by atoms with Crippen LogP contribution in [0.4, 0.5) is 0 Å². The summed E-state index contributed by atoms with van der Waals surface area (Å²) in [6.45, 7) is 1.84. The van der Waals surface area contributed by atoms with Crippen LogP contribution in [0.15, 0.2) is 29.2 Å². The van der Waals surface area contributed by atoms with Crippen molar-refractivity contribution in [2.45, 2.75) is 11.8 Å². The van der Waals surface area contributed by atoms with Gasteiger partial charge >= 0.3 is 0 Å². The van der Waals surface area contributed by atoms with Crippen LogP contribution in [0.2, 0.25) is 0 Å². The molecule has 0 bridgehead atoms. The zero-order valence-electron chi connectivity index (χ0n) is 8.14. The summed E-state index contributed by atoms with van der Waals surface area (Å²) in [5.41, 5.74) is 9.90. The number of guanidine groups is 1. The van der Waals surface area contributed by atoms with E-state index in [0.29, 0.717) is 0 Å². The van der Waals surface area contributed by atoms with E-state index in [1.165, 1.54) is 12.1 Å². The van der Waals surface area contributed by atoms with Crippen LogP contribution in [0.1, 0.15) is 5.56 Å². The smallest absolute Gasteiger partial charge is 0.294 e. The van der Waals surface area contributed by atoms with Crippen molar-refractivity contribution < 1.29 is 13.0 Å². The van der Waals surface area contributed by atoms with Crippen molar-refractivity contribution in [2.75, 3.05) is 0 Å². The second kappa shape index (κ2) is 5.32. The Hall–Kier alpha value is -1.60. The number of benzene rings is 1. The van der Waals surface area contributed by atoms with Gasteiger partial charge in [-0.1, -0.05) is 17.7 Å². The molecule has 6 N–H and O–H groups in total. The van der Waals surface area contributed by atoms with Crippen molar-refractivity contribution in [1.82, 2.24) is 0 Å². The summed E-state index contributed by atoms with van der Waals surface area (Å²) in [5.74, 6) is -0.333. The minimum Gasteiger partial charge on any atom is -0.370 e. The molecule has 0 amide bonds. The van der Waals surface area contributed by atoms with E-state index in [1.807, 2.05) is 6.92 Å². The van der Waals surface area contributed by atoms with E-state index in [-0.39, 0.29) is 10.9 Å². The molecule has 0 spiro atoms. The van der Waals surface area contributed by atoms with Crippen LogP contribution in [0.5, 0.6) is 0 Å². The molecule has 0 radical (unpaired) electrons. The fraction of sp³-hybridized carbons (Fsp3) is 0.125. The maximum absolute atomic E-state index is 10.5. The highest BCUT2D eigenvalue weighted by atomic mass is 32.2. The largest absolute Gasteiger partial charge is 0.370 e. The van der Waals surface area contributed by atoms with Crippen LogP contribution in [0.25, 0.3) is 0 Å². The van der Waals surface area contributed by atoms with Crippen molar-refractivity contribution in [2.24, 2.45) is 11.5 Å². The van der Waals surface area contributed by atoms with Crippen LogP contribution in [0, 0.1) is 12.3 Å². The number of rotatable bonds is 1. The minimum absolute atomic E-state index is 0.0666. The summed E-state index contributed by atoms with van der Waals surface area (Å²) in [4.78, 5) is -0.0666. The van der Waals surface area contributed by atoms with Crippen LogP contribution < -0.4 is 11.5 Å². The van der Waals surface area contributed by atoms with E-state index < -0.39 is 10.1 Å². The highest BCUT2D eigenvalue weighted by molar-refractivity contribution is 7.85. The van der Waals surface area contributed by atoms with Gasteiger partial charge in [0.15, 0.2) is 5.96 Å². The molecule has 15 heavy (non-hydrogen) atoms. The molecule has 0 aliphatic carbocycles. The van der Waals surface area contributed by atoms with Gasteiger partial charge in [0.2, 0.25) is 0 Å². The SMILES string of the molecule is Cc1ccc(S(=O)(=O)O)cc1.N=C(N)N. The van der Waals surface area contributed by atoms with Gasteiger partial charge in [-0.05, 0) is 19.1 Å². The highest BCUT2D eigenvalue weighted by Gasteiger charge is 2.06. The van der Waals surface area contributed by atoms with Crippen LogP contribution >= 0.6 is 0 Å². The molecule has 1 rings (SSSR count). The molecule has 0 aromatic heterocycles. The molecule has 0 saturated heterocycles. The maximum atomic E-state index is 10.5. The van der Waals surface area contributed by atoms with Gasteiger partial charge in [-0.2, -0.15) is 8.42 Å². The summed E-state index contributed by atoms with van der Waals surface area (Å²) < 4.78 is 29.6. The number of nitrogens with two attached hydrogens (primary N) is 2. The first-order valence-corrected chi connectivity index (χ1v) is 5.31. The van der Waals surface area contributed by atoms with E-state index in [0.717, 1.165) is 5.56 Å². The monoisotopic (exact) mass is 231 g/mol. The Labute approximate surface area is 88.2 Å². The predicted molar refractivity (Wildman–Crippen MR) is 57.1 cm³/mol. The average Bonchev–Trinajstić information content (AvgIpc) is 2.01. The standard InChI is InChI=1S/C7H8O3S.CH5N3/c1-6-2-4-7(5-3-6)11(8,9)10;2-1(3)4/h2-5H,1H3,(H,8,9,10);(H5,2,3,4). The second-order valence-corrected chi connectivity index (χ2v) is 4.16. The molecule has 0 atom stereocenters. The molecule has 0 fully saturated rings. The number of hydrogen-bond acceptors (Lipinski definition) is 3. The average molecular weight is 231 g/mol. The molecule has 1 aromatic rings. The normalized spacial score (nSPS) is 10.0. The highest BCUT2D eigenvalue weighted by Crippen LogP contribution is 2.08. The predicted octanol–water partition coefficient (Wildman–Crippen LogP) is 0.0803. The van der Waals surface area contributed by atoms with Crippen LogP contribution in [-0.4, -0.2) is 18.9 Å². The molecule has 0 saturated carbocycles. The third kappa shape index (κ3) is 6.47. The quantitative estimate of drug-likeness (QED) is 0.309. The lowest BCUT2D eigenvalue weighted by molar-refractivity contribution is 0.483. The van der Waals surface area contributed by atoms with E-state index in [4.69, 9.17) is 9.96 Å². The Kier molecular flexibility index (Phi) is 4.75. The van der Waals surface area contributed by atoms with E-state index >= 15 is 0 Å². The first kappa shape index (κ1) is 13.4. The minimum atomic E-state index is -4.02. The summed E-state index contributed by atoms with van der Waals surface area (Å²) in [6, 6.07) is 5.99. The zero-order chi connectivity index (χ0) is 12.1. The van der Waals surface area contributed by atoms with E-state index in [1.54, 1.807) is 12.1 Å². The molecule has 6 nitrogen and oxygen atoms in total. The van der Waals surface area contributed by atoms with Gasteiger partial charge in [-0.3, -0.25) is 9.96 Å². The van der Waals surface area contributed by atoms with Gasteiger partial charge < -0.3 is 11.5 Å². The molecule has 84 valence electrons. The summed E-state index contributed by atoms with van der Waals surface area (Å²) in [7, 11) is -4.02. The summed E-state index contributed by atoms with van der Waals surface area (Å²) >= 11 is 0. The Morgan fingerprint density at radius 3 is 1.87 bits per heavy atom. The molecule has 0 heterocycles. The van der Waals surface area contributed by atoms with Gasteiger partial charge in [0, 0.05) is 0 Å². The molecular weight excluding hydrogens is 218 g/mol. The number of aryl methyl sites for hydroxylation is 1. The maximum Gasteiger partial charge on any atom is 0.294 e. The second-order valence-electron chi connectivity index (χ2n) is 2.74. The van der Waals surface area contributed by atoms with Gasteiger partial charge in [-0.15, -0.1) is 0 Å². The third-order valence-electron chi connectivity index (χ3n) is 1.32. The third-order valence-corrected chi connectivity index (χ3v) is 2.19. The van der Waals surface area contributed by atoms with Gasteiger partial charge in [0.25, 0.3) is 10.1 Å². The number of hydrogen-bond donors (Lipinski definition) is 4. The molecule has 0 aliphatic heterocycles. The first-order chi connectivity index (χ1) is 6.73. The Balaban J connectivity index is 0.000000423. The lowest BCUT2D eigenvalue weighted by Crippen LogP contribution is -2.20. The summed E-state index contributed by atoms with van der Waals surface area (Å²) in [5, 5.41) is 6.06. The van der Waals surface area contributed by atoms with E-state index in [9.17, 15) is 8.42 Å². The first-order valence-electron chi connectivity index (χ1n) is 3.87. The molecule has 0 unspecified atom stereocenters. The number of nitrogens with one attached hydrogen (secondary N) is 1. The van der Waals surface area contributed by atoms with E-state index in [2.05, 4.69) is 11.5 Å². The Morgan fingerprint density at radius 1 is 1.27 bits per heavy atom. The molecule has 7 heteroatoms. The fourth-order valence-corrected chi connectivity index (χ4v) is 1.19. The molecule has 1 aromatic carbocycles. The van der Waals surface area contributed by atoms with Crippen molar-refractivity contribution in [1.29, 1.82) is 5.41 Å². The van der Waals surface area contributed by atoms with Crippen LogP contribution in [0.3, 0.4) is 0 Å². The molecular formula is C8H13N3O3S.